The highest BCUT2D eigenvalue weighted by molar-refractivity contribution is 5.71. The molecule has 2 aliphatic rings. The summed E-state index contributed by atoms with van der Waals surface area (Å²) in [7, 11) is 0. The molecule has 1 nitrogen and oxygen atoms in total. The van der Waals surface area contributed by atoms with Gasteiger partial charge < -0.3 is 0 Å². The molecule has 62 valence electrons. The van der Waals surface area contributed by atoms with Crippen LogP contribution in [0.15, 0.2) is 40.6 Å². The molecular formula is C11H13N. The van der Waals surface area contributed by atoms with Crippen molar-refractivity contribution in [2.24, 2.45) is 10.4 Å². The van der Waals surface area contributed by atoms with E-state index < -0.39 is 0 Å². The Morgan fingerprint density at radius 1 is 1.33 bits per heavy atom. The zero-order chi connectivity index (χ0) is 8.60. The summed E-state index contributed by atoms with van der Waals surface area (Å²) >= 11 is 0. The summed E-state index contributed by atoms with van der Waals surface area (Å²) in [5.74, 6) is 0. The van der Waals surface area contributed by atoms with Crippen LogP contribution in [0.25, 0.3) is 0 Å². The van der Waals surface area contributed by atoms with Gasteiger partial charge in [-0.15, -0.1) is 0 Å². The number of nitrogens with zero attached hydrogens (tertiary/aromatic N) is 1. The van der Waals surface area contributed by atoms with Crippen LogP contribution in [0, 0.1) is 5.41 Å². The van der Waals surface area contributed by atoms with E-state index in [2.05, 4.69) is 43.1 Å². The Morgan fingerprint density at radius 3 is 3.00 bits per heavy atom. The molecule has 1 heteroatoms. The quantitative estimate of drug-likeness (QED) is 0.515. The fraction of sp³-hybridized carbons (Fsp3) is 0.364. The molecule has 2 rings (SSSR count). The molecule has 0 bridgehead atoms. The average molecular weight is 159 g/mol. The highest BCUT2D eigenvalue weighted by Gasteiger charge is 2.15. The van der Waals surface area contributed by atoms with Gasteiger partial charge in [-0.1, -0.05) is 32.1 Å². The first-order valence-electron chi connectivity index (χ1n) is 4.31. The standard InChI is InChI=1S/C11H13N/c1-11(2)7-6-9-4-3-5-10(9)12-8-11/h3,5-8H,4H2,1-2H3. The maximum absolute atomic E-state index is 4.44. The lowest BCUT2D eigenvalue weighted by atomic mass is 9.94. The zero-order valence-electron chi connectivity index (χ0n) is 7.54. The molecule has 12 heavy (non-hydrogen) atoms. The highest BCUT2D eigenvalue weighted by Crippen LogP contribution is 2.27. The van der Waals surface area contributed by atoms with Crippen molar-refractivity contribution in [2.45, 2.75) is 20.3 Å². The van der Waals surface area contributed by atoms with Crippen LogP contribution >= 0.6 is 0 Å². The van der Waals surface area contributed by atoms with E-state index in [0.29, 0.717) is 0 Å². The number of rotatable bonds is 0. The second kappa shape index (κ2) is 2.44. The van der Waals surface area contributed by atoms with E-state index in [1.165, 1.54) is 5.57 Å². The van der Waals surface area contributed by atoms with E-state index in [9.17, 15) is 0 Å². The van der Waals surface area contributed by atoms with Gasteiger partial charge in [-0.05, 0) is 18.1 Å². The van der Waals surface area contributed by atoms with Crippen molar-refractivity contribution in [1.29, 1.82) is 0 Å². The smallest absolute Gasteiger partial charge is 0.0658 e. The van der Waals surface area contributed by atoms with Crippen LogP contribution in [-0.4, -0.2) is 6.21 Å². The number of allylic oxidation sites excluding steroid dienone is 5. The zero-order valence-corrected chi connectivity index (χ0v) is 7.54. The van der Waals surface area contributed by atoms with Gasteiger partial charge in [0.1, 0.15) is 0 Å². The monoisotopic (exact) mass is 159 g/mol. The molecule has 0 aromatic rings. The largest absolute Gasteiger partial charge is 0.260 e. The highest BCUT2D eigenvalue weighted by atomic mass is 14.7. The van der Waals surface area contributed by atoms with Gasteiger partial charge in [0.25, 0.3) is 0 Å². The van der Waals surface area contributed by atoms with E-state index in [1.54, 1.807) is 0 Å². The molecule has 0 saturated heterocycles. The topological polar surface area (TPSA) is 12.4 Å². The first kappa shape index (κ1) is 7.53. The van der Waals surface area contributed by atoms with E-state index in [0.717, 1.165) is 12.1 Å². The summed E-state index contributed by atoms with van der Waals surface area (Å²) in [6, 6.07) is 0. The van der Waals surface area contributed by atoms with E-state index in [1.807, 2.05) is 6.21 Å². The molecule has 0 spiro atoms. The molecule has 0 unspecified atom stereocenters. The van der Waals surface area contributed by atoms with Gasteiger partial charge in [0.05, 0.1) is 5.70 Å². The summed E-state index contributed by atoms with van der Waals surface area (Å²) in [5.41, 5.74) is 2.59. The van der Waals surface area contributed by atoms with Crippen LogP contribution in [-0.2, 0) is 0 Å². The lowest BCUT2D eigenvalue weighted by Crippen LogP contribution is -2.07. The third kappa shape index (κ3) is 1.27. The van der Waals surface area contributed by atoms with Crippen LogP contribution in [0.4, 0.5) is 0 Å². The predicted octanol–water partition coefficient (Wildman–Crippen LogP) is 2.87. The molecule has 0 aromatic carbocycles. The molecule has 0 aromatic heterocycles. The molecular weight excluding hydrogens is 146 g/mol. The van der Waals surface area contributed by atoms with Crippen molar-refractivity contribution >= 4 is 6.21 Å². The number of hydrogen-bond acceptors (Lipinski definition) is 1. The first-order chi connectivity index (χ1) is 5.67. The maximum atomic E-state index is 4.44. The lowest BCUT2D eigenvalue weighted by molar-refractivity contribution is 0.694. The normalized spacial score (nSPS) is 24.5. The Kier molecular flexibility index (Phi) is 1.53. The molecule has 0 fully saturated rings. The molecule has 1 aliphatic carbocycles. The molecule has 0 saturated carbocycles. The van der Waals surface area contributed by atoms with Gasteiger partial charge >= 0.3 is 0 Å². The summed E-state index contributed by atoms with van der Waals surface area (Å²) in [6.07, 6.45) is 11.7. The third-order valence-electron chi connectivity index (χ3n) is 2.19. The van der Waals surface area contributed by atoms with Gasteiger partial charge in [-0.3, -0.25) is 4.99 Å². The van der Waals surface area contributed by atoms with Crippen LogP contribution in [0.3, 0.4) is 0 Å². The fourth-order valence-electron chi connectivity index (χ4n) is 1.38. The Balaban J connectivity index is 2.39. The van der Waals surface area contributed by atoms with E-state index in [4.69, 9.17) is 0 Å². The second-order valence-corrected chi connectivity index (χ2v) is 3.93. The van der Waals surface area contributed by atoms with Gasteiger partial charge in [-0.25, -0.2) is 0 Å². The average Bonchev–Trinajstić information content (AvgIpc) is 2.40. The molecule has 0 N–H and O–H groups in total. The Hall–Kier alpha value is -1.11. The van der Waals surface area contributed by atoms with Crippen molar-refractivity contribution < 1.29 is 0 Å². The fourth-order valence-corrected chi connectivity index (χ4v) is 1.38. The van der Waals surface area contributed by atoms with Crippen LogP contribution in [0.1, 0.15) is 20.3 Å². The van der Waals surface area contributed by atoms with Crippen molar-refractivity contribution in [2.75, 3.05) is 0 Å². The van der Waals surface area contributed by atoms with Gasteiger partial charge in [-0.2, -0.15) is 0 Å². The second-order valence-electron chi connectivity index (χ2n) is 3.93. The Bertz CT molecular complexity index is 314. The number of hydrogen-bond donors (Lipinski definition) is 0. The van der Waals surface area contributed by atoms with Gasteiger partial charge in [0.2, 0.25) is 0 Å². The SMILES string of the molecule is CC1(C)C=CC2=C(C=CC2)N=C1. The van der Waals surface area contributed by atoms with Crippen molar-refractivity contribution in [3.63, 3.8) is 0 Å². The minimum Gasteiger partial charge on any atom is -0.260 e. The Labute approximate surface area is 73.2 Å². The molecule has 0 amide bonds. The van der Waals surface area contributed by atoms with Gasteiger partial charge in [0, 0.05) is 11.6 Å². The summed E-state index contributed by atoms with van der Waals surface area (Å²) in [5, 5.41) is 0. The minimum absolute atomic E-state index is 0.109. The van der Waals surface area contributed by atoms with Gasteiger partial charge in [0.15, 0.2) is 0 Å². The first-order valence-corrected chi connectivity index (χ1v) is 4.31. The van der Waals surface area contributed by atoms with Crippen molar-refractivity contribution in [3.8, 4) is 0 Å². The minimum atomic E-state index is 0.109. The molecule has 0 radical (unpaired) electrons. The van der Waals surface area contributed by atoms with Crippen LogP contribution < -0.4 is 0 Å². The number of aliphatic imine (C=N–C) groups is 1. The van der Waals surface area contributed by atoms with Crippen LogP contribution in [0.5, 0.6) is 0 Å². The maximum Gasteiger partial charge on any atom is 0.0658 e. The summed E-state index contributed by atoms with van der Waals surface area (Å²) < 4.78 is 0. The lowest BCUT2D eigenvalue weighted by Gasteiger charge is -2.11. The molecule has 1 heterocycles. The summed E-state index contributed by atoms with van der Waals surface area (Å²) in [6.45, 7) is 4.33. The van der Waals surface area contributed by atoms with E-state index >= 15 is 0 Å². The van der Waals surface area contributed by atoms with E-state index in [-0.39, 0.29) is 5.41 Å². The third-order valence-corrected chi connectivity index (χ3v) is 2.19. The Morgan fingerprint density at radius 2 is 2.17 bits per heavy atom. The predicted molar refractivity (Wildman–Crippen MR) is 52.2 cm³/mol. The molecule has 1 aliphatic heterocycles. The van der Waals surface area contributed by atoms with Crippen molar-refractivity contribution in [1.82, 2.24) is 0 Å². The van der Waals surface area contributed by atoms with Crippen LogP contribution in [0.2, 0.25) is 0 Å². The molecule has 0 atom stereocenters. The van der Waals surface area contributed by atoms with Crippen molar-refractivity contribution in [3.05, 3.63) is 35.6 Å². The summed E-state index contributed by atoms with van der Waals surface area (Å²) in [4.78, 5) is 4.44.